The normalized spacial score (nSPS) is 19.6. The number of nitrogens with two attached hydrogens (primary N) is 1. The number of halogens is 3. The molecule has 3 aromatic rings. The van der Waals surface area contributed by atoms with Crippen LogP contribution in [0.3, 0.4) is 0 Å². The fourth-order valence-electron chi connectivity index (χ4n) is 5.55. The summed E-state index contributed by atoms with van der Waals surface area (Å²) in [5, 5.41) is 16.7. The summed E-state index contributed by atoms with van der Waals surface area (Å²) in [6, 6.07) is 7.39. The molecule has 214 valence electrons. The lowest BCUT2D eigenvalue weighted by molar-refractivity contribution is -0.198. The van der Waals surface area contributed by atoms with Gasteiger partial charge in [0.05, 0.1) is 11.4 Å². The number of nitrogen functional groups attached to an aromatic ring is 1. The first-order valence-electron chi connectivity index (χ1n) is 13.2. The lowest BCUT2D eigenvalue weighted by atomic mass is 9.76. The number of ether oxygens (including phenoxy) is 1. The van der Waals surface area contributed by atoms with Crippen molar-refractivity contribution < 1.29 is 27.8 Å². The van der Waals surface area contributed by atoms with Crippen molar-refractivity contribution in [2.75, 3.05) is 30.3 Å². The van der Waals surface area contributed by atoms with Gasteiger partial charge < -0.3 is 25.8 Å². The number of benzene rings is 1. The number of alkyl halides is 3. The SMILES string of the molecule is CCc1ccc(-n2ccc(C)n2)c(C(Oc2cc(N3CCC4(CC3)CN[C@H](C(=O)O)C4)nc(N)n2)C(F)(F)F)c1. The molecule has 10 nitrogen and oxygen atoms in total. The van der Waals surface area contributed by atoms with E-state index in [0.717, 1.165) is 5.56 Å². The van der Waals surface area contributed by atoms with Gasteiger partial charge in [-0.1, -0.05) is 13.0 Å². The summed E-state index contributed by atoms with van der Waals surface area (Å²) in [6.07, 6.45) is -2.98. The van der Waals surface area contributed by atoms with Gasteiger partial charge in [0.15, 0.2) is 0 Å². The standard InChI is InChI=1S/C27H32F3N7O3/c1-3-17-4-5-20(37-9-6-16(2)35-37)18(12-17)23(27(28,29)30)40-22-13-21(33-25(31)34-22)36-10-7-26(8-11-36)14-19(24(38)39)32-15-26/h4-6,9,12-13,19,23,32H,3,7-8,10-11,14-15H2,1-2H3,(H,38,39)(H2,31,33,34)/t19-,23?/m0/s1. The zero-order valence-corrected chi connectivity index (χ0v) is 22.3. The highest BCUT2D eigenvalue weighted by Gasteiger charge is 2.46. The van der Waals surface area contributed by atoms with Crippen molar-refractivity contribution in [3.8, 4) is 11.6 Å². The molecule has 0 radical (unpaired) electrons. The summed E-state index contributed by atoms with van der Waals surface area (Å²) in [6.45, 7) is 5.34. The Labute approximate surface area is 229 Å². The third kappa shape index (κ3) is 5.69. The molecule has 1 aromatic carbocycles. The summed E-state index contributed by atoms with van der Waals surface area (Å²) in [5.41, 5.74) is 7.34. The first-order chi connectivity index (χ1) is 19.0. The molecule has 1 unspecified atom stereocenters. The smallest absolute Gasteiger partial charge is 0.429 e. The molecule has 4 N–H and O–H groups in total. The molecule has 1 spiro atoms. The maximum Gasteiger partial charge on any atom is 0.429 e. The second-order valence-corrected chi connectivity index (χ2v) is 10.6. The van der Waals surface area contributed by atoms with Crippen LogP contribution < -0.4 is 20.7 Å². The number of aromatic nitrogens is 4. The van der Waals surface area contributed by atoms with Crippen LogP contribution in [-0.4, -0.2) is 62.7 Å². The molecule has 2 aliphatic heterocycles. The van der Waals surface area contributed by atoms with E-state index >= 15 is 0 Å². The lowest BCUT2D eigenvalue weighted by Crippen LogP contribution is -2.41. The van der Waals surface area contributed by atoms with Crippen LogP contribution in [0.2, 0.25) is 0 Å². The second kappa shape index (κ2) is 10.6. The number of nitrogens with one attached hydrogen (secondary N) is 1. The van der Waals surface area contributed by atoms with Crippen molar-refractivity contribution in [2.24, 2.45) is 5.41 Å². The molecule has 13 heteroatoms. The summed E-state index contributed by atoms with van der Waals surface area (Å²) in [5.74, 6) is -0.987. The van der Waals surface area contributed by atoms with Gasteiger partial charge in [0, 0.05) is 37.5 Å². The van der Waals surface area contributed by atoms with Gasteiger partial charge in [-0.05, 0) is 61.8 Å². The van der Waals surface area contributed by atoms with E-state index in [9.17, 15) is 23.1 Å². The second-order valence-electron chi connectivity index (χ2n) is 10.6. The number of carboxylic acids is 1. The van der Waals surface area contributed by atoms with Gasteiger partial charge in [-0.15, -0.1) is 0 Å². The van der Waals surface area contributed by atoms with Crippen molar-refractivity contribution >= 4 is 17.7 Å². The largest absolute Gasteiger partial charge is 0.480 e. The average Bonchev–Trinajstić information content (AvgIpc) is 3.53. The molecule has 4 heterocycles. The predicted molar refractivity (Wildman–Crippen MR) is 141 cm³/mol. The molecule has 0 amide bonds. The Balaban J connectivity index is 1.42. The van der Waals surface area contributed by atoms with Crippen molar-refractivity contribution in [1.29, 1.82) is 0 Å². The molecule has 2 aromatic heterocycles. The minimum Gasteiger partial charge on any atom is -0.480 e. The highest BCUT2D eigenvalue weighted by Crippen LogP contribution is 2.42. The third-order valence-corrected chi connectivity index (χ3v) is 7.80. The number of nitrogens with zero attached hydrogens (tertiary/aromatic N) is 5. The van der Waals surface area contributed by atoms with Crippen molar-refractivity contribution in [2.45, 2.75) is 57.9 Å². The number of carbonyl (C=O) groups is 1. The number of piperidine rings is 1. The quantitative estimate of drug-likeness (QED) is 0.395. The number of carboxylic acid groups (broad SMARTS) is 1. The Bertz CT molecular complexity index is 1390. The minimum atomic E-state index is -4.77. The molecule has 2 aliphatic rings. The number of aryl methyl sites for hydroxylation is 2. The topological polar surface area (TPSA) is 131 Å². The van der Waals surface area contributed by atoms with Gasteiger partial charge in [0.2, 0.25) is 17.9 Å². The molecule has 0 saturated carbocycles. The Morgan fingerprint density at radius 1 is 1.25 bits per heavy atom. The van der Waals surface area contributed by atoms with Crippen molar-refractivity contribution in [3.05, 3.63) is 53.3 Å². The van der Waals surface area contributed by atoms with Gasteiger partial charge in [-0.3, -0.25) is 4.79 Å². The number of rotatable bonds is 7. The molecule has 0 bridgehead atoms. The first-order valence-corrected chi connectivity index (χ1v) is 13.2. The molecule has 2 saturated heterocycles. The average molecular weight is 560 g/mol. The maximum atomic E-state index is 14.6. The van der Waals surface area contributed by atoms with Crippen LogP contribution in [0.1, 0.15) is 49.1 Å². The fraction of sp³-hybridized carbons (Fsp3) is 0.481. The first kappa shape index (κ1) is 27.7. The van der Waals surface area contributed by atoms with Crippen LogP contribution in [0.15, 0.2) is 36.5 Å². The van der Waals surface area contributed by atoms with Gasteiger partial charge >= 0.3 is 12.1 Å². The summed E-state index contributed by atoms with van der Waals surface area (Å²) in [7, 11) is 0. The van der Waals surface area contributed by atoms with E-state index < -0.39 is 24.3 Å². The summed E-state index contributed by atoms with van der Waals surface area (Å²) >= 11 is 0. The summed E-state index contributed by atoms with van der Waals surface area (Å²) < 4.78 is 50.6. The lowest BCUT2D eigenvalue weighted by Gasteiger charge is -2.39. The Hall–Kier alpha value is -3.87. The van der Waals surface area contributed by atoms with Crippen LogP contribution in [0.5, 0.6) is 5.88 Å². The molecule has 5 rings (SSSR count). The van der Waals surface area contributed by atoms with Gasteiger partial charge in [0.1, 0.15) is 11.9 Å². The highest BCUT2D eigenvalue weighted by atomic mass is 19.4. The Morgan fingerprint density at radius 3 is 2.60 bits per heavy atom. The minimum absolute atomic E-state index is 0.0877. The monoisotopic (exact) mass is 559 g/mol. The van der Waals surface area contributed by atoms with E-state index in [2.05, 4.69) is 20.4 Å². The molecular weight excluding hydrogens is 527 g/mol. The number of hydrogen-bond donors (Lipinski definition) is 3. The zero-order chi connectivity index (χ0) is 28.7. The molecule has 40 heavy (non-hydrogen) atoms. The maximum absolute atomic E-state index is 14.6. The van der Waals surface area contributed by atoms with E-state index in [-0.39, 0.29) is 28.5 Å². The van der Waals surface area contributed by atoms with E-state index in [1.54, 1.807) is 31.3 Å². The van der Waals surface area contributed by atoms with Crippen molar-refractivity contribution in [1.82, 2.24) is 25.1 Å². The molecule has 2 atom stereocenters. The van der Waals surface area contributed by atoms with E-state index in [0.29, 0.717) is 56.8 Å². The molecule has 0 aliphatic carbocycles. The zero-order valence-electron chi connectivity index (χ0n) is 22.3. The predicted octanol–water partition coefficient (Wildman–Crippen LogP) is 3.83. The Kier molecular flexibility index (Phi) is 7.34. The molecular formula is C27H32F3N7O3. The van der Waals surface area contributed by atoms with E-state index in [1.165, 1.54) is 16.8 Å². The van der Waals surface area contributed by atoms with E-state index in [4.69, 9.17) is 10.5 Å². The highest BCUT2D eigenvalue weighted by molar-refractivity contribution is 5.74. The van der Waals surface area contributed by atoms with Crippen LogP contribution in [0, 0.1) is 12.3 Å². The van der Waals surface area contributed by atoms with Gasteiger partial charge in [-0.2, -0.15) is 28.2 Å². The van der Waals surface area contributed by atoms with Gasteiger partial charge in [-0.25, -0.2) is 4.68 Å². The van der Waals surface area contributed by atoms with Crippen LogP contribution in [0.25, 0.3) is 5.69 Å². The number of hydrogen-bond acceptors (Lipinski definition) is 8. The number of aliphatic carboxylic acids is 1. The van der Waals surface area contributed by atoms with Gasteiger partial charge in [0.25, 0.3) is 0 Å². The van der Waals surface area contributed by atoms with Crippen molar-refractivity contribution in [3.63, 3.8) is 0 Å². The Morgan fingerprint density at radius 2 is 2.00 bits per heavy atom. The van der Waals surface area contributed by atoms with Crippen LogP contribution in [0.4, 0.5) is 24.9 Å². The molecule has 2 fully saturated rings. The fourth-order valence-corrected chi connectivity index (χ4v) is 5.55. The number of anilines is 2. The van der Waals surface area contributed by atoms with Crippen LogP contribution >= 0.6 is 0 Å². The summed E-state index contributed by atoms with van der Waals surface area (Å²) in [4.78, 5) is 21.5. The third-order valence-electron chi connectivity index (χ3n) is 7.80. The van der Waals surface area contributed by atoms with E-state index in [1.807, 2.05) is 11.8 Å². The van der Waals surface area contributed by atoms with Crippen LogP contribution in [-0.2, 0) is 11.2 Å².